The molecule has 0 saturated carbocycles. The molecule has 0 atom stereocenters. The van der Waals surface area contributed by atoms with E-state index in [-0.39, 0.29) is 5.91 Å². The third-order valence-corrected chi connectivity index (χ3v) is 2.77. The second kappa shape index (κ2) is 7.85. The maximum atomic E-state index is 11.5. The topological polar surface area (TPSA) is 41.1 Å². The summed E-state index contributed by atoms with van der Waals surface area (Å²) in [6.07, 6.45) is 2.44. The van der Waals surface area contributed by atoms with Crippen LogP contribution in [-0.4, -0.2) is 26.0 Å². The summed E-state index contributed by atoms with van der Waals surface area (Å²) < 4.78 is 0. The van der Waals surface area contributed by atoms with Gasteiger partial charge in [0, 0.05) is 19.5 Å². The van der Waals surface area contributed by atoms with E-state index in [0.717, 1.165) is 19.4 Å². The van der Waals surface area contributed by atoms with Gasteiger partial charge < -0.3 is 10.6 Å². The molecule has 1 rings (SSSR count). The number of likely N-dealkylation sites (N-methyl/N-ethyl adjacent to an activating group) is 1. The zero-order chi connectivity index (χ0) is 12.5. The van der Waals surface area contributed by atoms with Crippen molar-refractivity contribution in [3.05, 3.63) is 35.4 Å². The molecule has 0 bridgehead atoms. The molecule has 0 aliphatic carbocycles. The van der Waals surface area contributed by atoms with E-state index >= 15 is 0 Å². The predicted octanol–water partition coefficient (Wildman–Crippen LogP) is 1.52. The Morgan fingerprint density at radius 3 is 2.35 bits per heavy atom. The lowest BCUT2D eigenvalue weighted by Crippen LogP contribution is -2.30. The van der Waals surface area contributed by atoms with Crippen molar-refractivity contribution in [2.45, 2.75) is 26.2 Å². The maximum absolute atomic E-state index is 11.5. The van der Waals surface area contributed by atoms with E-state index in [2.05, 4.69) is 41.8 Å². The number of carbonyl (C=O) groups excluding carboxylic acids is 1. The van der Waals surface area contributed by atoms with E-state index in [1.165, 1.54) is 11.1 Å². The number of hydrogen-bond acceptors (Lipinski definition) is 2. The van der Waals surface area contributed by atoms with Crippen molar-refractivity contribution in [2.24, 2.45) is 0 Å². The molecule has 3 heteroatoms. The molecule has 0 heterocycles. The Morgan fingerprint density at radius 1 is 1.12 bits per heavy atom. The first-order valence-corrected chi connectivity index (χ1v) is 6.25. The van der Waals surface area contributed by atoms with Gasteiger partial charge in [-0.1, -0.05) is 31.2 Å². The number of benzene rings is 1. The highest BCUT2D eigenvalue weighted by Gasteiger charge is 2.01. The standard InChI is InChI=1S/C14H22N2O/c1-3-12-4-6-13(7-5-12)8-9-14(17)16-11-10-15-2/h4-7,15H,3,8-11H2,1-2H3,(H,16,17). The molecule has 0 radical (unpaired) electrons. The van der Waals surface area contributed by atoms with Crippen LogP contribution in [0.2, 0.25) is 0 Å². The molecule has 1 aromatic rings. The van der Waals surface area contributed by atoms with Crippen LogP contribution in [0.1, 0.15) is 24.5 Å². The van der Waals surface area contributed by atoms with Crippen molar-refractivity contribution in [2.75, 3.05) is 20.1 Å². The molecule has 0 saturated heterocycles. The lowest BCUT2D eigenvalue weighted by molar-refractivity contribution is -0.121. The van der Waals surface area contributed by atoms with Gasteiger partial charge in [0.25, 0.3) is 0 Å². The molecule has 1 aromatic carbocycles. The Labute approximate surface area is 104 Å². The molecule has 0 fully saturated rings. The first-order chi connectivity index (χ1) is 8.26. The van der Waals surface area contributed by atoms with Gasteiger partial charge in [-0.05, 0) is 31.0 Å². The fourth-order valence-corrected chi connectivity index (χ4v) is 1.61. The van der Waals surface area contributed by atoms with Crippen LogP contribution in [0.25, 0.3) is 0 Å². The van der Waals surface area contributed by atoms with Gasteiger partial charge in [0.15, 0.2) is 0 Å². The average molecular weight is 234 g/mol. The average Bonchev–Trinajstić information content (AvgIpc) is 2.37. The Hall–Kier alpha value is -1.35. The molecule has 94 valence electrons. The Morgan fingerprint density at radius 2 is 1.76 bits per heavy atom. The summed E-state index contributed by atoms with van der Waals surface area (Å²) in [5.74, 6) is 0.125. The lowest BCUT2D eigenvalue weighted by atomic mass is 10.1. The third kappa shape index (κ3) is 5.50. The number of rotatable bonds is 7. The molecular weight excluding hydrogens is 212 g/mol. The van der Waals surface area contributed by atoms with E-state index in [1.807, 2.05) is 7.05 Å². The zero-order valence-electron chi connectivity index (χ0n) is 10.8. The fraction of sp³-hybridized carbons (Fsp3) is 0.500. The maximum Gasteiger partial charge on any atom is 0.220 e. The fourth-order valence-electron chi connectivity index (χ4n) is 1.61. The van der Waals surface area contributed by atoms with Gasteiger partial charge in [-0.2, -0.15) is 0 Å². The Bertz CT molecular complexity index is 333. The first-order valence-electron chi connectivity index (χ1n) is 6.25. The number of amides is 1. The molecule has 0 unspecified atom stereocenters. The normalized spacial score (nSPS) is 10.2. The van der Waals surface area contributed by atoms with Gasteiger partial charge in [-0.3, -0.25) is 4.79 Å². The SMILES string of the molecule is CCc1ccc(CCC(=O)NCCNC)cc1. The van der Waals surface area contributed by atoms with Gasteiger partial charge in [0.2, 0.25) is 5.91 Å². The quantitative estimate of drug-likeness (QED) is 0.702. The monoisotopic (exact) mass is 234 g/mol. The molecule has 1 amide bonds. The smallest absolute Gasteiger partial charge is 0.220 e. The molecule has 0 aliphatic rings. The largest absolute Gasteiger partial charge is 0.355 e. The van der Waals surface area contributed by atoms with Crippen LogP contribution in [-0.2, 0) is 17.6 Å². The Balaban J connectivity index is 2.27. The van der Waals surface area contributed by atoms with E-state index in [4.69, 9.17) is 0 Å². The van der Waals surface area contributed by atoms with Crippen molar-refractivity contribution < 1.29 is 4.79 Å². The van der Waals surface area contributed by atoms with Gasteiger partial charge in [0.1, 0.15) is 0 Å². The minimum absolute atomic E-state index is 0.125. The van der Waals surface area contributed by atoms with Gasteiger partial charge in [-0.25, -0.2) is 0 Å². The molecule has 0 aliphatic heterocycles. The third-order valence-electron chi connectivity index (χ3n) is 2.77. The van der Waals surface area contributed by atoms with Crippen LogP contribution in [0.4, 0.5) is 0 Å². The van der Waals surface area contributed by atoms with Gasteiger partial charge in [-0.15, -0.1) is 0 Å². The van der Waals surface area contributed by atoms with E-state index < -0.39 is 0 Å². The summed E-state index contributed by atoms with van der Waals surface area (Å²) >= 11 is 0. The summed E-state index contributed by atoms with van der Waals surface area (Å²) in [6.45, 7) is 3.66. The van der Waals surface area contributed by atoms with Crippen LogP contribution in [0, 0.1) is 0 Å². The van der Waals surface area contributed by atoms with Crippen LogP contribution >= 0.6 is 0 Å². The summed E-state index contributed by atoms with van der Waals surface area (Å²) in [4.78, 5) is 11.5. The van der Waals surface area contributed by atoms with Crippen molar-refractivity contribution in [3.63, 3.8) is 0 Å². The van der Waals surface area contributed by atoms with Gasteiger partial charge in [0.05, 0.1) is 0 Å². The minimum Gasteiger partial charge on any atom is -0.355 e. The summed E-state index contributed by atoms with van der Waals surface area (Å²) in [6, 6.07) is 8.49. The first kappa shape index (κ1) is 13.7. The molecule has 3 nitrogen and oxygen atoms in total. The highest BCUT2D eigenvalue weighted by atomic mass is 16.1. The van der Waals surface area contributed by atoms with Crippen molar-refractivity contribution >= 4 is 5.91 Å². The highest BCUT2D eigenvalue weighted by Crippen LogP contribution is 2.07. The van der Waals surface area contributed by atoms with E-state index in [0.29, 0.717) is 13.0 Å². The van der Waals surface area contributed by atoms with Crippen LogP contribution in [0.15, 0.2) is 24.3 Å². The summed E-state index contributed by atoms with van der Waals surface area (Å²) in [7, 11) is 1.88. The summed E-state index contributed by atoms with van der Waals surface area (Å²) in [5.41, 5.74) is 2.57. The van der Waals surface area contributed by atoms with Crippen LogP contribution in [0.3, 0.4) is 0 Å². The van der Waals surface area contributed by atoms with Gasteiger partial charge >= 0.3 is 0 Å². The second-order valence-corrected chi connectivity index (χ2v) is 4.12. The molecule has 0 aromatic heterocycles. The Kier molecular flexibility index (Phi) is 6.33. The lowest BCUT2D eigenvalue weighted by Gasteiger charge is -2.05. The number of carbonyl (C=O) groups is 1. The number of nitrogens with one attached hydrogen (secondary N) is 2. The molecular formula is C14H22N2O. The van der Waals surface area contributed by atoms with Crippen molar-refractivity contribution in [1.82, 2.24) is 10.6 Å². The zero-order valence-corrected chi connectivity index (χ0v) is 10.8. The van der Waals surface area contributed by atoms with E-state index in [9.17, 15) is 4.79 Å². The molecule has 2 N–H and O–H groups in total. The summed E-state index contributed by atoms with van der Waals surface area (Å²) in [5, 5.41) is 5.87. The predicted molar refractivity (Wildman–Crippen MR) is 71.1 cm³/mol. The van der Waals surface area contributed by atoms with Crippen molar-refractivity contribution in [1.29, 1.82) is 0 Å². The highest BCUT2D eigenvalue weighted by molar-refractivity contribution is 5.76. The van der Waals surface area contributed by atoms with Crippen LogP contribution < -0.4 is 10.6 Å². The van der Waals surface area contributed by atoms with Crippen molar-refractivity contribution in [3.8, 4) is 0 Å². The van der Waals surface area contributed by atoms with Crippen LogP contribution in [0.5, 0.6) is 0 Å². The molecule has 17 heavy (non-hydrogen) atoms. The number of hydrogen-bond donors (Lipinski definition) is 2. The number of aryl methyl sites for hydroxylation is 2. The molecule has 0 spiro atoms. The van der Waals surface area contributed by atoms with E-state index in [1.54, 1.807) is 0 Å². The second-order valence-electron chi connectivity index (χ2n) is 4.12. The minimum atomic E-state index is 0.125.